The average Bonchev–Trinajstić information content (AvgIpc) is 1.77. The second kappa shape index (κ2) is 2.15. The molecule has 0 amide bonds. The first-order valence-corrected chi connectivity index (χ1v) is 2.47. The van der Waals surface area contributed by atoms with Gasteiger partial charge in [-0.05, 0) is 6.08 Å². The van der Waals surface area contributed by atoms with Crippen LogP contribution in [0.15, 0.2) is 12.3 Å². The Morgan fingerprint density at radius 3 is 2.62 bits per heavy atom. The fourth-order valence-corrected chi connectivity index (χ4v) is 0.538. The van der Waals surface area contributed by atoms with E-state index < -0.39 is 12.4 Å². The summed E-state index contributed by atoms with van der Waals surface area (Å²) in [4.78, 5) is 0. The van der Waals surface area contributed by atoms with Crippen molar-refractivity contribution in [2.45, 2.75) is 18.8 Å². The van der Waals surface area contributed by atoms with E-state index in [0.717, 1.165) is 0 Å². The van der Waals surface area contributed by atoms with Crippen molar-refractivity contribution >= 4 is 0 Å². The second-order valence-electron chi connectivity index (χ2n) is 1.70. The fourth-order valence-electron chi connectivity index (χ4n) is 0.538. The minimum Gasteiger partial charge on any atom is -0.470 e. The quantitative estimate of drug-likeness (QED) is 0.452. The molecule has 2 unspecified atom stereocenters. The highest BCUT2D eigenvalue weighted by molar-refractivity contribution is 4.84. The first-order chi connectivity index (χ1) is 3.80. The summed E-state index contributed by atoms with van der Waals surface area (Å²) in [5.74, 6) is 0. The Morgan fingerprint density at radius 1 is 1.50 bits per heavy atom. The van der Waals surface area contributed by atoms with Crippen LogP contribution in [0.2, 0.25) is 0 Å². The van der Waals surface area contributed by atoms with Crippen LogP contribution in [-0.4, -0.2) is 22.6 Å². The van der Waals surface area contributed by atoms with Gasteiger partial charge in [-0.2, -0.15) is 0 Å². The lowest BCUT2D eigenvalue weighted by Gasteiger charge is -2.18. The van der Waals surface area contributed by atoms with Gasteiger partial charge in [0.1, 0.15) is 6.10 Å². The lowest BCUT2D eigenvalue weighted by molar-refractivity contribution is -0.134. The van der Waals surface area contributed by atoms with Crippen molar-refractivity contribution in [3.05, 3.63) is 12.3 Å². The van der Waals surface area contributed by atoms with Gasteiger partial charge in [-0.3, -0.25) is 0 Å². The Balaban J connectivity index is 2.44. The lowest BCUT2D eigenvalue weighted by atomic mass is 10.2. The largest absolute Gasteiger partial charge is 0.470 e. The van der Waals surface area contributed by atoms with E-state index in [1.165, 1.54) is 6.26 Å². The minimum atomic E-state index is -1.03. The van der Waals surface area contributed by atoms with Crippen LogP contribution in [0.25, 0.3) is 0 Å². The van der Waals surface area contributed by atoms with Gasteiger partial charge in [0.2, 0.25) is 6.29 Å². The van der Waals surface area contributed by atoms with Crippen LogP contribution >= 0.6 is 0 Å². The molecule has 0 saturated heterocycles. The molecule has 1 aliphatic heterocycles. The van der Waals surface area contributed by atoms with Gasteiger partial charge in [-0.1, -0.05) is 0 Å². The molecule has 0 aromatic carbocycles. The zero-order valence-corrected chi connectivity index (χ0v) is 4.32. The van der Waals surface area contributed by atoms with Gasteiger partial charge in [0.15, 0.2) is 0 Å². The van der Waals surface area contributed by atoms with E-state index in [1.807, 2.05) is 0 Å². The van der Waals surface area contributed by atoms with Crippen LogP contribution in [0.3, 0.4) is 0 Å². The highest BCUT2D eigenvalue weighted by Gasteiger charge is 2.17. The molecule has 3 heteroatoms. The number of hydrogen-bond donors (Lipinski definition) is 2. The second-order valence-corrected chi connectivity index (χ2v) is 1.70. The van der Waals surface area contributed by atoms with Crippen LogP contribution in [0, 0.1) is 0 Å². The molecule has 0 aliphatic carbocycles. The highest BCUT2D eigenvalue weighted by atomic mass is 16.6. The Hall–Kier alpha value is -0.540. The molecule has 0 radical (unpaired) electrons. The molecule has 0 spiro atoms. The molecule has 1 rings (SSSR count). The molecule has 8 heavy (non-hydrogen) atoms. The predicted octanol–water partition coefficient (Wildman–Crippen LogP) is -0.400. The Kier molecular flexibility index (Phi) is 1.50. The number of rotatable bonds is 0. The lowest BCUT2D eigenvalue weighted by Crippen LogP contribution is -2.28. The minimum absolute atomic E-state index is 0.473. The van der Waals surface area contributed by atoms with Gasteiger partial charge in [0.05, 0.1) is 6.26 Å². The Bertz CT molecular complexity index is 87.8. The summed E-state index contributed by atoms with van der Waals surface area (Å²) in [6, 6.07) is 0. The summed E-state index contributed by atoms with van der Waals surface area (Å²) in [5, 5.41) is 17.4. The van der Waals surface area contributed by atoms with Gasteiger partial charge in [0, 0.05) is 6.42 Å². The van der Waals surface area contributed by atoms with Crippen molar-refractivity contribution in [3.8, 4) is 0 Å². The molecule has 1 aliphatic rings. The predicted molar refractivity (Wildman–Crippen MR) is 26.9 cm³/mol. The third kappa shape index (κ3) is 0.993. The van der Waals surface area contributed by atoms with E-state index in [-0.39, 0.29) is 0 Å². The average molecular weight is 116 g/mol. The molecule has 46 valence electrons. The standard InChI is InChI=1S/C5H8O3/c6-4-2-1-3-8-5(4)7/h1,3-7H,2H2. The summed E-state index contributed by atoms with van der Waals surface area (Å²) in [5.41, 5.74) is 0. The topological polar surface area (TPSA) is 49.7 Å². The summed E-state index contributed by atoms with van der Waals surface area (Å²) < 4.78 is 4.52. The number of hydrogen-bond acceptors (Lipinski definition) is 3. The maximum Gasteiger partial charge on any atom is 0.223 e. The van der Waals surface area contributed by atoms with Crippen LogP contribution < -0.4 is 0 Å². The van der Waals surface area contributed by atoms with Crippen LogP contribution in [-0.2, 0) is 4.74 Å². The molecule has 0 bridgehead atoms. The first kappa shape index (κ1) is 5.59. The van der Waals surface area contributed by atoms with Crippen LogP contribution in [0.5, 0.6) is 0 Å². The fraction of sp³-hybridized carbons (Fsp3) is 0.600. The summed E-state index contributed by atoms with van der Waals surface area (Å²) in [6.45, 7) is 0. The molecule has 0 aromatic rings. The molecule has 0 fully saturated rings. The zero-order chi connectivity index (χ0) is 5.98. The summed E-state index contributed by atoms with van der Waals surface area (Å²) >= 11 is 0. The number of aliphatic hydroxyl groups is 2. The zero-order valence-electron chi connectivity index (χ0n) is 4.32. The molecule has 0 saturated carbocycles. The molecule has 2 atom stereocenters. The van der Waals surface area contributed by atoms with Crippen molar-refractivity contribution < 1.29 is 14.9 Å². The monoisotopic (exact) mass is 116 g/mol. The SMILES string of the molecule is OC1CC=COC1O. The van der Waals surface area contributed by atoms with Gasteiger partial charge in [-0.15, -0.1) is 0 Å². The normalized spacial score (nSPS) is 36.8. The summed E-state index contributed by atoms with van der Waals surface area (Å²) in [7, 11) is 0. The van der Waals surface area contributed by atoms with Gasteiger partial charge in [-0.25, -0.2) is 0 Å². The molecule has 1 heterocycles. The Labute approximate surface area is 47.2 Å². The number of aliphatic hydroxyl groups excluding tert-OH is 2. The Morgan fingerprint density at radius 2 is 2.25 bits per heavy atom. The van der Waals surface area contributed by atoms with E-state index in [0.29, 0.717) is 6.42 Å². The van der Waals surface area contributed by atoms with E-state index in [9.17, 15) is 0 Å². The molecule has 2 N–H and O–H groups in total. The highest BCUT2D eigenvalue weighted by Crippen LogP contribution is 2.07. The van der Waals surface area contributed by atoms with Crippen molar-refractivity contribution in [1.29, 1.82) is 0 Å². The van der Waals surface area contributed by atoms with Crippen molar-refractivity contribution in [3.63, 3.8) is 0 Å². The third-order valence-electron chi connectivity index (χ3n) is 1.02. The van der Waals surface area contributed by atoms with E-state index >= 15 is 0 Å². The number of ether oxygens (including phenoxy) is 1. The summed E-state index contributed by atoms with van der Waals surface area (Å²) in [6.07, 6.45) is 1.75. The van der Waals surface area contributed by atoms with Crippen molar-refractivity contribution in [2.24, 2.45) is 0 Å². The molecular weight excluding hydrogens is 108 g/mol. The molecular formula is C5H8O3. The van der Waals surface area contributed by atoms with E-state index in [1.54, 1.807) is 6.08 Å². The maximum atomic E-state index is 8.75. The molecule has 0 aromatic heterocycles. The smallest absolute Gasteiger partial charge is 0.223 e. The maximum absolute atomic E-state index is 8.75. The molecule has 3 nitrogen and oxygen atoms in total. The van der Waals surface area contributed by atoms with Gasteiger partial charge < -0.3 is 14.9 Å². The van der Waals surface area contributed by atoms with Gasteiger partial charge >= 0.3 is 0 Å². The van der Waals surface area contributed by atoms with Crippen LogP contribution in [0.4, 0.5) is 0 Å². The third-order valence-corrected chi connectivity index (χ3v) is 1.02. The van der Waals surface area contributed by atoms with Crippen LogP contribution in [0.1, 0.15) is 6.42 Å². The van der Waals surface area contributed by atoms with Gasteiger partial charge in [0.25, 0.3) is 0 Å². The van der Waals surface area contributed by atoms with E-state index in [4.69, 9.17) is 10.2 Å². The van der Waals surface area contributed by atoms with E-state index in [2.05, 4.69) is 4.74 Å². The van der Waals surface area contributed by atoms with Crippen molar-refractivity contribution in [1.82, 2.24) is 0 Å². The van der Waals surface area contributed by atoms with Crippen molar-refractivity contribution in [2.75, 3.05) is 0 Å². The first-order valence-electron chi connectivity index (χ1n) is 2.47.